The molecule has 0 spiro atoms. The number of carbonyl (C=O) groups is 2. The molecule has 1 aromatic carbocycles. The number of rotatable bonds is 4. The van der Waals surface area contributed by atoms with Gasteiger partial charge in [0.2, 0.25) is 5.91 Å². The van der Waals surface area contributed by atoms with Crippen LogP contribution in [0, 0.1) is 0 Å². The van der Waals surface area contributed by atoms with Crippen LogP contribution in [0.5, 0.6) is 5.75 Å². The summed E-state index contributed by atoms with van der Waals surface area (Å²) in [5.41, 5.74) is 0.545. The molecule has 19 heavy (non-hydrogen) atoms. The second kappa shape index (κ2) is 5.87. The molecule has 1 unspecified atom stereocenters. The molecule has 1 heterocycles. The maximum atomic E-state index is 12.5. The summed E-state index contributed by atoms with van der Waals surface area (Å²) in [6, 6.07) is 6.77. The summed E-state index contributed by atoms with van der Waals surface area (Å²) in [5, 5.41) is 2.75. The van der Waals surface area contributed by atoms with Crippen molar-refractivity contribution in [2.75, 3.05) is 0 Å². The molecule has 4 nitrogen and oxygen atoms in total. The van der Waals surface area contributed by atoms with E-state index in [1.54, 1.807) is 12.1 Å². The molecule has 0 aliphatic carbocycles. The Labute approximate surface area is 113 Å². The summed E-state index contributed by atoms with van der Waals surface area (Å²) in [6.07, 6.45) is 1.97. The number of amides is 1. The first kappa shape index (κ1) is 13.6. The average molecular weight is 261 g/mol. The molecule has 1 fully saturated rings. The molecule has 0 saturated carbocycles. The number of ether oxygens (including phenoxy) is 1. The van der Waals surface area contributed by atoms with Gasteiger partial charge in [-0.1, -0.05) is 12.1 Å². The molecule has 1 amide bonds. The highest BCUT2D eigenvalue weighted by Crippen LogP contribution is 2.23. The van der Waals surface area contributed by atoms with Gasteiger partial charge >= 0.3 is 0 Å². The van der Waals surface area contributed by atoms with Gasteiger partial charge in [0.15, 0.2) is 5.78 Å². The molecule has 0 bridgehead atoms. The molecular formula is C15H19NO3. The summed E-state index contributed by atoms with van der Waals surface area (Å²) in [7, 11) is 0. The van der Waals surface area contributed by atoms with E-state index in [0.29, 0.717) is 24.2 Å². The van der Waals surface area contributed by atoms with Crippen molar-refractivity contribution in [1.82, 2.24) is 5.32 Å². The Morgan fingerprint density at radius 3 is 2.79 bits per heavy atom. The third-order valence-electron chi connectivity index (χ3n) is 3.06. The lowest BCUT2D eigenvalue weighted by Crippen LogP contribution is -2.44. The van der Waals surface area contributed by atoms with Crippen LogP contribution < -0.4 is 10.1 Å². The van der Waals surface area contributed by atoms with Crippen LogP contribution in [0.25, 0.3) is 0 Å². The van der Waals surface area contributed by atoms with Crippen LogP contribution in [0.15, 0.2) is 24.3 Å². The topological polar surface area (TPSA) is 55.4 Å². The molecule has 102 valence electrons. The molecule has 4 heteroatoms. The van der Waals surface area contributed by atoms with Crippen LogP contribution in [0.2, 0.25) is 0 Å². The lowest BCUT2D eigenvalue weighted by molar-refractivity contribution is -0.122. The first-order valence-electron chi connectivity index (χ1n) is 6.67. The highest BCUT2D eigenvalue weighted by atomic mass is 16.5. The van der Waals surface area contributed by atoms with Crippen LogP contribution in [-0.4, -0.2) is 23.8 Å². The fraction of sp³-hybridized carbons (Fsp3) is 0.467. The summed E-state index contributed by atoms with van der Waals surface area (Å²) in [5.74, 6) is 0.471. The monoisotopic (exact) mass is 261 g/mol. The van der Waals surface area contributed by atoms with Crippen molar-refractivity contribution in [3.05, 3.63) is 29.8 Å². The van der Waals surface area contributed by atoms with Gasteiger partial charge in [0, 0.05) is 6.42 Å². The zero-order valence-corrected chi connectivity index (χ0v) is 11.3. The largest absolute Gasteiger partial charge is 0.490 e. The minimum atomic E-state index is -0.418. The minimum absolute atomic E-state index is 0.00916. The Morgan fingerprint density at radius 1 is 1.37 bits per heavy atom. The smallest absolute Gasteiger partial charge is 0.220 e. The fourth-order valence-electron chi connectivity index (χ4n) is 2.22. The van der Waals surface area contributed by atoms with E-state index in [0.717, 1.165) is 6.42 Å². The van der Waals surface area contributed by atoms with E-state index in [9.17, 15) is 9.59 Å². The lowest BCUT2D eigenvalue weighted by Gasteiger charge is -2.23. The van der Waals surface area contributed by atoms with Gasteiger partial charge in [0.05, 0.1) is 17.7 Å². The highest BCUT2D eigenvalue weighted by Gasteiger charge is 2.27. The van der Waals surface area contributed by atoms with Gasteiger partial charge in [-0.3, -0.25) is 9.59 Å². The summed E-state index contributed by atoms with van der Waals surface area (Å²) >= 11 is 0. The van der Waals surface area contributed by atoms with E-state index < -0.39 is 6.04 Å². The molecule has 0 aromatic heterocycles. The summed E-state index contributed by atoms with van der Waals surface area (Å²) in [6.45, 7) is 3.84. The maximum absolute atomic E-state index is 12.5. The van der Waals surface area contributed by atoms with Gasteiger partial charge in [-0.2, -0.15) is 0 Å². The molecule has 1 aromatic rings. The maximum Gasteiger partial charge on any atom is 0.220 e. The number of ketones is 1. The first-order valence-corrected chi connectivity index (χ1v) is 6.67. The van der Waals surface area contributed by atoms with E-state index in [4.69, 9.17) is 4.74 Å². The standard InChI is InChI=1S/C15H19NO3/c1-10(2)19-13-8-4-3-6-11(13)15(18)12-7-5-9-14(17)16-12/h3-4,6,8,10,12H,5,7,9H2,1-2H3,(H,16,17). The van der Waals surface area contributed by atoms with E-state index in [1.807, 2.05) is 26.0 Å². The number of piperidine rings is 1. The Bertz CT molecular complexity index is 482. The Balaban J connectivity index is 2.20. The third-order valence-corrected chi connectivity index (χ3v) is 3.06. The van der Waals surface area contributed by atoms with Gasteiger partial charge in [-0.05, 0) is 38.8 Å². The number of benzene rings is 1. The molecule has 2 rings (SSSR count). The van der Waals surface area contributed by atoms with Crippen LogP contribution in [0.3, 0.4) is 0 Å². The van der Waals surface area contributed by atoms with Crippen molar-refractivity contribution in [1.29, 1.82) is 0 Å². The zero-order chi connectivity index (χ0) is 13.8. The second-order valence-corrected chi connectivity index (χ2v) is 5.04. The normalized spacial score (nSPS) is 19.1. The molecule has 1 N–H and O–H groups in total. The number of Topliss-reactive ketones (excluding diaryl/α,β-unsaturated/α-hetero) is 1. The summed E-state index contributed by atoms with van der Waals surface area (Å²) in [4.78, 5) is 23.8. The van der Waals surface area contributed by atoms with Gasteiger partial charge < -0.3 is 10.1 Å². The number of carbonyl (C=O) groups excluding carboxylic acids is 2. The SMILES string of the molecule is CC(C)Oc1ccccc1C(=O)C1CCCC(=O)N1. The van der Waals surface area contributed by atoms with Gasteiger partial charge in [0.1, 0.15) is 5.75 Å². The Morgan fingerprint density at radius 2 is 2.11 bits per heavy atom. The summed E-state index contributed by atoms with van der Waals surface area (Å²) < 4.78 is 5.65. The number of nitrogens with one attached hydrogen (secondary N) is 1. The molecule has 1 aliphatic rings. The van der Waals surface area contributed by atoms with Gasteiger partial charge in [0.25, 0.3) is 0 Å². The predicted octanol–water partition coefficient (Wildman–Crippen LogP) is 2.33. The van der Waals surface area contributed by atoms with Crippen molar-refractivity contribution < 1.29 is 14.3 Å². The predicted molar refractivity (Wildman–Crippen MR) is 72.3 cm³/mol. The van der Waals surface area contributed by atoms with Crippen molar-refractivity contribution in [2.45, 2.75) is 45.3 Å². The number of para-hydroxylation sites is 1. The Hall–Kier alpha value is -1.84. The van der Waals surface area contributed by atoms with Crippen molar-refractivity contribution >= 4 is 11.7 Å². The third kappa shape index (κ3) is 3.34. The second-order valence-electron chi connectivity index (χ2n) is 5.04. The van der Waals surface area contributed by atoms with E-state index in [2.05, 4.69) is 5.32 Å². The number of hydrogen-bond acceptors (Lipinski definition) is 3. The molecule has 1 atom stereocenters. The highest BCUT2D eigenvalue weighted by molar-refractivity contribution is 6.04. The van der Waals surface area contributed by atoms with Crippen molar-refractivity contribution in [3.8, 4) is 5.75 Å². The number of hydrogen-bond donors (Lipinski definition) is 1. The molecule has 1 saturated heterocycles. The van der Waals surface area contributed by atoms with Crippen molar-refractivity contribution in [2.24, 2.45) is 0 Å². The Kier molecular flexibility index (Phi) is 4.20. The average Bonchev–Trinajstić information content (AvgIpc) is 2.38. The fourth-order valence-corrected chi connectivity index (χ4v) is 2.22. The van der Waals surface area contributed by atoms with Crippen molar-refractivity contribution in [3.63, 3.8) is 0 Å². The first-order chi connectivity index (χ1) is 9.08. The molecule has 1 aliphatic heterocycles. The van der Waals surface area contributed by atoms with Crippen LogP contribution in [-0.2, 0) is 4.79 Å². The quantitative estimate of drug-likeness (QED) is 0.846. The van der Waals surface area contributed by atoms with Crippen LogP contribution in [0.4, 0.5) is 0 Å². The van der Waals surface area contributed by atoms with Gasteiger partial charge in [-0.15, -0.1) is 0 Å². The zero-order valence-electron chi connectivity index (χ0n) is 11.3. The van der Waals surface area contributed by atoms with Crippen LogP contribution in [0.1, 0.15) is 43.5 Å². The van der Waals surface area contributed by atoms with E-state index in [-0.39, 0.29) is 17.8 Å². The van der Waals surface area contributed by atoms with E-state index in [1.165, 1.54) is 0 Å². The van der Waals surface area contributed by atoms with Gasteiger partial charge in [-0.25, -0.2) is 0 Å². The van der Waals surface area contributed by atoms with Crippen LogP contribution >= 0.6 is 0 Å². The minimum Gasteiger partial charge on any atom is -0.490 e. The lowest BCUT2D eigenvalue weighted by atomic mass is 9.95. The molecular weight excluding hydrogens is 242 g/mol. The van der Waals surface area contributed by atoms with E-state index >= 15 is 0 Å². The molecule has 0 radical (unpaired) electrons.